The van der Waals surface area contributed by atoms with Crippen LogP contribution in [0.15, 0.2) is 16.6 Å². The molecule has 1 saturated carbocycles. The van der Waals surface area contributed by atoms with Crippen LogP contribution in [-0.2, 0) is 6.42 Å². The number of methoxy groups -OCH3 is 1. The van der Waals surface area contributed by atoms with Gasteiger partial charge < -0.3 is 14.8 Å². The van der Waals surface area contributed by atoms with E-state index in [-0.39, 0.29) is 0 Å². The van der Waals surface area contributed by atoms with Gasteiger partial charge in [-0.1, -0.05) is 6.42 Å². The standard InChI is InChI=1S/C16H22BrNO2/c1-19-15-10-11(8-12-4-2-3-7-18-12)9-14(17)16(15)20-13-5-6-13/h9-10,12-13,18H,2-8H2,1H3. The molecule has 2 aliphatic rings. The highest BCUT2D eigenvalue weighted by molar-refractivity contribution is 9.10. The first-order valence-corrected chi connectivity index (χ1v) is 8.32. The molecule has 20 heavy (non-hydrogen) atoms. The molecule has 3 rings (SSSR count). The number of hydrogen-bond donors (Lipinski definition) is 1. The van der Waals surface area contributed by atoms with Gasteiger partial charge in [0.05, 0.1) is 17.7 Å². The second-order valence-electron chi connectivity index (χ2n) is 5.78. The molecule has 0 radical (unpaired) electrons. The van der Waals surface area contributed by atoms with E-state index in [4.69, 9.17) is 9.47 Å². The maximum atomic E-state index is 5.94. The summed E-state index contributed by atoms with van der Waals surface area (Å²) >= 11 is 3.63. The molecule has 0 amide bonds. The second kappa shape index (κ2) is 6.35. The molecule has 110 valence electrons. The average molecular weight is 340 g/mol. The first-order valence-electron chi connectivity index (χ1n) is 7.52. The molecular weight excluding hydrogens is 318 g/mol. The van der Waals surface area contributed by atoms with Crippen LogP contribution in [-0.4, -0.2) is 25.8 Å². The molecule has 1 heterocycles. The summed E-state index contributed by atoms with van der Waals surface area (Å²) < 4.78 is 12.5. The van der Waals surface area contributed by atoms with Gasteiger partial charge in [0.15, 0.2) is 11.5 Å². The Kier molecular flexibility index (Phi) is 4.51. The van der Waals surface area contributed by atoms with Crippen LogP contribution >= 0.6 is 15.9 Å². The molecular formula is C16H22BrNO2. The Balaban J connectivity index is 1.75. The molecule has 2 fully saturated rings. The van der Waals surface area contributed by atoms with Crippen molar-refractivity contribution in [1.82, 2.24) is 5.32 Å². The number of halogens is 1. The second-order valence-corrected chi connectivity index (χ2v) is 6.63. The summed E-state index contributed by atoms with van der Waals surface area (Å²) in [4.78, 5) is 0. The van der Waals surface area contributed by atoms with E-state index in [0.717, 1.165) is 41.8 Å². The summed E-state index contributed by atoms with van der Waals surface area (Å²) in [5.41, 5.74) is 1.30. The highest BCUT2D eigenvalue weighted by Crippen LogP contribution is 2.40. The minimum Gasteiger partial charge on any atom is -0.493 e. The van der Waals surface area contributed by atoms with Crippen LogP contribution in [0.5, 0.6) is 11.5 Å². The average Bonchev–Trinajstić information content (AvgIpc) is 3.26. The lowest BCUT2D eigenvalue weighted by Gasteiger charge is -2.24. The zero-order chi connectivity index (χ0) is 13.9. The fourth-order valence-corrected chi connectivity index (χ4v) is 3.32. The van der Waals surface area contributed by atoms with Gasteiger partial charge in [-0.15, -0.1) is 0 Å². The highest BCUT2D eigenvalue weighted by Gasteiger charge is 2.26. The van der Waals surface area contributed by atoms with Crippen LogP contribution in [0.4, 0.5) is 0 Å². The monoisotopic (exact) mass is 339 g/mol. The Labute approximate surface area is 129 Å². The Bertz CT molecular complexity index is 468. The molecule has 1 aromatic carbocycles. The minimum atomic E-state index is 0.381. The molecule has 0 aromatic heterocycles. The van der Waals surface area contributed by atoms with Crippen molar-refractivity contribution in [2.24, 2.45) is 0 Å². The zero-order valence-corrected chi connectivity index (χ0v) is 13.5. The van der Waals surface area contributed by atoms with E-state index in [1.54, 1.807) is 7.11 Å². The summed E-state index contributed by atoms with van der Waals surface area (Å²) in [6.07, 6.45) is 7.65. The topological polar surface area (TPSA) is 30.5 Å². The highest BCUT2D eigenvalue weighted by atomic mass is 79.9. The summed E-state index contributed by atoms with van der Waals surface area (Å²) in [5, 5.41) is 3.59. The third kappa shape index (κ3) is 3.47. The van der Waals surface area contributed by atoms with Crippen LogP contribution in [0.1, 0.15) is 37.7 Å². The third-order valence-electron chi connectivity index (χ3n) is 3.99. The van der Waals surface area contributed by atoms with Crippen LogP contribution in [0.3, 0.4) is 0 Å². The van der Waals surface area contributed by atoms with Gasteiger partial charge in [-0.2, -0.15) is 0 Å². The van der Waals surface area contributed by atoms with Gasteiger partial charge in [0, 0.05) is 6.04 Å². The van der Waals surface area contributed by atoms with Crippen LogP contribution in [0.25, 0.3) is 0 Å². The van der Waals surface area contributed by atoms with E-state index in [1.165, 1.54) is 24.8 Å². The normalized spacial score (nSPS) is 22.6. The lowest BCUT2D eigenvalue weighted by atomic mass is 9.97. The molecule has 1 unspecified atom stereocenters. The van der Waals surface area contributed by atoms with Crippen molar-refractivity contribution in [3.05, 3.63) is 22.2 Å². The van der Waals surface area contributed by atoms with Gasteiger partial charge in [0.25, 0.3) is 0 Å². The van der Waals surface area contributed by atoms with Gasteiger partial charge in [0.1, 0.15) is 0 Å². The van der Waals surface area contributed by atoms with E-state index in [1.807, 2.05) is 0 Å². The maximum Gasteiger partial charge on any atom is 0.175 e. The third-order valence-corrected chi connectivity index (χ3v) is 4.58. The quantitative estimate of drug-likeness (QED) is 0.887. The SMILES string of the molecule is COc1cc(CC2CCCCN2)cc(Br)c1OC1CC1. The Morgan fingerprint density at radius 3 is 2.75 bits per heavy atom. The van der Waals surface area contributed by atoms with E-state index in [2.05, 4.69) is 33.4 Å². The van der Waals surface area contributed by atoms with Gasteiger partial charge in [-0.3, -0.25) is 0 Å². The van der Waals surface area contributed by atoms with Crippen molar-refractivity contribution in [2.75, 3.05) is 13.7 Å². The van der Waals surface area contributed by atoms with E-state index >= 15 is 0 Å². The van der Waals surface area contributed by atoms with Crippen molar-refractivity contribution in [2.45, 2.75) is 50.7 Å². The summed E-state index contributed by atoms with van der Waals surface area (Å²) in [5.74, 6) is 1.70. The summed E-state index contributed by atoms with van der Waals surface area (Å²) in [7, 11) is 1.71. The first-order chi connectivity index (χ1) is 9.76. The van der Waals surface area contributed by atoms with E-state index < -0.39 is 0 Å². The smallest absolute Gasteiger partial charge is 0.175 e. The van der Waals surface area contributed by atoms with Crippen molar-refractivity contribution < 1.29 is 9.47 Å². The van der Waals surface area contributed by atoms with Crippen molar-refractivity contribution in [1.29, 1.82) is 0 Å². The number of hydrogen-bond acceptors (Lipinski definition) is 3. The molecule has 4 heteroatoms. The first kappa shape index (κ1) is 14.2. The fraction of sp³-hybridized carbons (Fsp3) is 0.625. The number of piperidine rings is 1. The van der Waals surface area contributed by atoms with Crippen molar-refractivity contribution >= 4 is 15.9 Å². The Hall–Kier alpha value is -0.740. The van der Waals surface area contributed by atoms with Crippen LogP contribution in [0.2, 0.25) is 0 Å². The van der Waals surface area contributed by atoms with Gasteiger partial charge in [0.2, 0.25) is 0 Å². The molecule has 1 aliphatic carbocycles. The largest absolute Gasteiger partial charge is 0.493 e. The summed E-state index contributed by atoms with van der Waals surface area (Å²) in [6.45, 7) is 1.14. The zero-order valence-electron chi connectivity index (χ0n) is 12.0. The number of nitrogens with one attached hydrogen (secondary N) is 1. The predicted molar refractivity (Wildman–Crippen MR) is 83.7 cm³/mol. The molecule has 3 nitrogen and oxygen atoms in total. The van der Waals surface area contributed by atoms with Gasteiger partial charge in [-0.25, -0.2) is 0 Å². The van der Waals surface area contributed by atoms with E-state index in [9.17, 15) is 0 Å². The molecule has 1 aliphatic heterocycles. The van der Waals surface area contributed by atoms with Crippen LogP contribution in [0, 0.1) is 0 Å². The maximum absolute atomic E-state index is 5.94. The van der Waals surface area contributed by atoms with Gasteiger partial charge in [-0.05, 0) is 72.3 Å². The van der Waals surface area contributed by atoms with E-state index in [0.29, 0.717) is 12.1 Å². The molecule has 0 bridgehead atoms. The minimum absolute atomic E-state index is 0.381. The lowest BCUT2D eigenvalue weighted by molar-refractivity contribution is 0.280. The molecule has 1 atom stereocenters. The lowest BCUT2D eigenvalue weighted by Crippen LogP contribution is -2.35. The number of benzene rings is 1. The molecule has 1 N–H and O–H groups in total. The Morgan fingerprint density at radius 1 is 1.25 bits per heavy atom. The number of rotatable bonds is 5. The van der Waals surface area contributed by atoms with Crippen molar-refractivity contribution in [3.8, 4) is 11.5 Å². The van der Waals surface area contributed by atoms with Gasteiger partial charge >= 0.3 is 0 Å². The molecule has 1 saturated heterocycles. The molecule has 0 spiro atoms. The van der Waals surface area contributed by atoms with Crippen LogP contribution < -0.4 is 14.8 Å². The summed E-state index contributed by atoms with van der Waals surface area (Å²) in [6, 6.07) is 4.89. The van der Waals surface area contributed by atoms with Crippen molar-refractivity contribution in [3.63, 3.8) is 0 Å². The Morgan fingerprint density at radius 2 is 2.10 bits per heavy atom. The fourth-order valence-electron chi connectivity index (χ4n) is 2.74. The number of ether oxygens (including phenoxy) is 2. The predicted octanol–water partition coefficient (Wildman–Crippen LogP) is 3.68. The molecule has 1 aromatic rings.